The highest BCUT2D eigenvalue weighted by atomic mass is 16.2. The molecule has 0 bridgehead atoms. The summed E-state index contributed by atoms with van der Waals surface area (Å²) in [7, 11) is 0. The minimum atomic E-state index is -0.286. The van der Waals surface area contributed by atoms with Gasteiger partial charge in [0.15, 0.2) is 0 Å². The second-order valence-corrected chi connectivity index (χ2v) is 8.36. The fourth-order valence-electron chi connectivity index (χ4n) is 2.82. The molecule has 0 aromatic rings. The smallest absolute Gasteiger partial charge is 0.225 e. The van der Waals surface area contributed by atoms with Gasteiger partial charge in [0, 0.05) is 12.0 Å². The van der Waals surface area contributed by atoms with E-state index in [1.54, 1.807) is 0 Å². The Bertz CT molecular complexity index is 279. The van der Waals surface area contributed by atoms with Crippen LogP contribution in [0.25, 0.3) is 0 Å². The highest BCUT2D eigenvalue weighted by molar-refractivity contribution is 5.81. The molecule has 0 spiro atoms. The molecule has 2 heteroatoms. The molecule has 0 aliphatic carbocycles. The Hall–Kier alpha value is -0.530. The summed E-state index contributed by atoms with van der Waals surface area (Å²) >= 11 is 0. The zero-order valence-electron chi connectivity index (χ0n) is 16.2. The molecule has 0 aliphatic rings. The monoisotopic (exact) mass is 311 g/mol. The molecule has 1 N–H and O–H groups in total. The van der Waals surface area contributed by atoms with Crippen molar-refractivity contribution < 1.29 is 4.79 Å². The first-order valence-corrected chi connectivity index (χ1v) is 9.53. The van der Waals surface area contributed by atoms with Crippen LogP contribution in [0.3, 0.4) is 0 Å². The number of hydrogen-bond donors (Lipinski definition) is 1. The first-order valence-electron chi connectivity index (χ1n) is 9.53. The molecule has 0 radical (unpaired) electrons. The molecule has 132 valence electrons. The average molecular weight is 312 g/mol. The van der Waals surface area contributed by atoms with Gasteiger partial charge in [-0.25, -0.2) is 0 Å². The number of carbonyl (C=O) groups excluding carboxylic acids is 1. The standard InChI is InChI=1S/C20H41NO/c1-7-9-11-13-15-20(6,16-14-12-10-8-2)17-21-18(22)19(3,4)5/h7-17H2,1-6H3,(H,21,22). The molecule has 1 amide bonds. The summed E-state index contributed by atoms with van der Waals surface area (Å²) < 4.78 is 0. The van der Waals surface area contributed by atoms with Crippen LogP contribution in [0.5, 0.6) is 0 Å². The van der Waals surface area contributed by atoms with Gasteiger partial charge in [0.25, 0.3) is 0 Å². The quantitative estimate of drug-likeness (QED) is 0.434. The highest BCUT2D eigenvalue weighted by Gasteiger charge is 2.27. The van der Waals surface area contributed by atoms with Crippen LogP contribution in [0.2, 0.25) is 0 Å². The molecule has 0 unspecified atom stereocenters. The lowest BCUT2D eigenvalue weighted by molar-refractivity contribution is -0.129. The lowest BCUT2D eigenvalue weighted by atomic mass is 9.79. The molecule has 0 aromatic carbocycles. The Morgan fingerprint density at radius 3 is 1.59 bits per heavy atom. The Morgan fingerprint density at radius 2 is 1.23 bits per heavy atom. The van der Waals surface area contributed by atoms with Gasteiger partial charge in [0.2, 0.25) is 5.91 Å². The summed E-state index contributed by atoms with van der Waals surface area (Å²) in [6.45, 7) is 13.7. The number of rotatable bonds is 12. The fraction of sp³-hybridized carbons (Fsp3) is 0.950. The Morgan fingerprint density at radius 1 is 0.773 bits per heavy atom. The van der Waals surface area contributed by atoms with Crippen molar-refractivity contribution in [3.05, 3.63) is 0 Å². The van der Waals surface area contributed by atoms with Gasteiger partial charge in [0.05, 0.1) is 0 Å². The maximum absolute atomic E-state index is 12.2. The maximum Gasteiger partial charge on any atom is 0.225 e. The van der Waals surface area contributed by atoms with Gasteiger partial charge in [-0.05, 0) is 18.3 Å². The second kappa shape index (κ2) is 11.1. The van der Waals surface area contributed by atoms with E-state index in [1.165, 1.54) is 64.2 Å². The lowest BCUT2D eigenvalue weighted by Crippen LogP contribution is -2.41. The lowest BCUT2D eigenvalue weighted by Gasteiger charge is -2.32. The maximum atomic E-state index is 12.2. The van der Waals surface area contributed by atoms with Crippen molar-refractivity contribution in [1.82, 2.24) is 5.32 Å². The molecular formula is C20H41NO. The van der Waals surface area contributed by atoms with Crippen LogP contribution in [0.1, 0.15) is 106 Å². The van der Waals surface area contributed by atoms with Crippen LogP contribution in [0.15, 0.2) is 0 Å². The number of nitrogens with one attached hydrogen (secondary N) is 1. The third-order valence-electron chi connectivity index (χ3n) is 4.62. The molecule has 0 aromatic heterocycles. The van der Waals surface area contributed by atoms with Crippen molar-refractivity contribution in [2.24, 2.45) is 10.8 Å². The predicted molar refractivity (Wildman–Crippen MR) is 98.1 cm³/mol. The molecule has 0 rings (SSSR count). The molecule has 0 atom stereocenters. The number of hydrogen-bond acceptors (Lipinski definition) is 1. The molecule has 22 heavy (non-hydrogen) atoms. The van der Waals surface area contributed by atoms with Crippen LogP contribution in [-0.2, 0) is 4.79 Å². The Balaban J connectivity index is 4.39. The van der Waals surface area contributed by atoms with E-state index < -0.39 is 0 Å². The third kappa shape index (κ3) is 10.2. The summed E-state index contributed by atoms with van der Waals surface area (Å²) in [5, 5.41) is 3.21. The number of carbonyl (C=O) groups is 1. The zero-order valence-corrected chi connectivity index (χ0v) is 16.2. The van der Waals surface area contributed by atoms with Crippen LogP contribution >= 0.6 is 0 Å². The van der Waals surface area contributed by atoms with Crippen LogP contribution in [0, 0.1) is 10.8 Å². The second-order valence-electron chi connectivity index (χ2n) is 8.36. The number of unbranched alkanes of at least 4 members (excludes halogenated alkanes) is 6. The molecule has 0 saturated carbocycles. The summed E-state index contributed by atoms with van der Waals surface area (Å²) in [5.41, 5.74) is -0.0201. The van der Waals surface area contributed by atoms with Gasteiger partial charge in [-0.15, -0.1) is 0 Å². The minimum Gasteiger partial charge on any atom is -0.355 e. The topological polar surface area (TPSA) is 29.1 Å². The molecule has 2 nitrogen and oxygen atoms in total. The third-order valence-corrected chi connectivity index (χ3v) is 4.62. The summed E-state index contributed by atoms with van der Waals surface area (Å²) in [6, 6.07) is 0. The molecule has 0 saturated heterocycles. The van der Waals surface area contributed by atoms with Crippen LogP contribution in [-0.4, -0.2) is 12.5 Å². The summed E-state index contributed by atoms with van der Waals surface area (Å²) in [6.07, 6.45) is 13.0. The molecule has 0 aliphatic heterocycles. The summed E-state index contributed by atoms with van der Waals surface area (Å²) in [4.78, 5) is 12.2. The van der Waals surface area contributed by atoms with E-state index in [1.807, 2.05) is 20.8 Å². The van der Waals surface area contributed by atoms with E-state index in [-0.39, 0.29) is 16.7 Å². The van der Waals surface area contributed by atoms with Crippen molar-refractivity contribution in [1.29, 1.82) is 0 Å². The van der Waals surface area contributed by atoms with E-state index in [9.17, 15) is 4.79 Å². The average Bonchev–Trinajstić information content (AvgIpc) is 2.45. The van der Waals surface area contributed by atoms with Crippen molar-refractivity contribution >= 4 is 5.91 Å². The fourth-order valence-corrected chi connectivity index (χ4v) is 2.82. The Labute approximate surface area is 139 Å². The zero-order chi connectivity index (χ0) is 17.1. The first kappa shape index (κ1) is 21.5. The van der Waals surface area contributed by atoms with E-state index >= 15 is 0 Å². The first-order chi connectivity index (χ1) is 10.2. The molecule has 0 fully saturated rings. The van der Waals surface area contributed by atoms with E-state index in [0.717, 1.165) is 6.54 Å². The van der Waals surface area contributed by atoms with Crippen molar-refractivity contribution in [3.8, 4) is 0 Å². The van der Waals surface area contributed by atoms with Crippen LogP contribution < -0.4 is 5.32 Å². The van der Waals surface area contributed by atoms with Gasteiger partial charge >= 0.3 is 0 Å². The molecular weight excluding hydrogens is 270 g/mol. The van der Waals surface area contributed by atoms with Gasteiger partial charge in [-0.1, -0.05) is 92.9 Å². The van der Waals surface area contributed by atoms with Crippen molar-refractivity contribution in [3.63, 3.8) is 0 Å². The van der Waals surface area contributed by atoms with Crippen molar-refractivity contribution in [2.75, 3.05) is 6.54 Å². The highest BCUT2D eigenvalue weighted by Crippen LogP contribution is 2.31. The minimum absolute atomic E-state index is 0.181. The van der Waals surface area contributed by atoms with E-state index in [2.05, 4.69) is 26.1 Å². The van der Waals surface area contributed by atoms with E-state index in [4.69, 9.17) is 0 Å². The molecule has 0 heterocycles. The van der Waals surface area contributed by atoms with Gasteiger partial charge in [0.1, 0.15) is 0 Å². The van der Waals surface area contributed by atoms with Gasteiger partial charge in [-0.2, -0.15) is 0 Å². The SMILES string of the molecule is CCCCCCC(C)(CCCCCC)CNC(=O)C(C)(C)C. The normalized spacial score (nSPS) is 12.5. The Kier molecular flexibility index (Phi) is 10.8. The van der Waals surface area contributed by atoms with Crippen LogP contribution in [0.4, 0.5) is 0 Å². The van der Waals surface area contributed by atoms with Crippen molar-refractivity contribution in [2.45, 2.75) is 106 Å². The van der Waals surface area contributed by atoms with E-state index in [0.29, 0.717) is 0 Å². The van der Waals surface area contributed by atoms with Gasteiger partial charge < -0.3 is 5.32 Å². The van der Waals surface area contributed by atoms with Gasteiger partial charge in [-0.3, -0.25) is 4.79 Å². The largest absolute Gasteiger partial charge is 0.355 e. The predicted octanol–water partition coefficient (Wildman–Crippen LogP) is 6.10. The number of amides is 1. The summed E-state index contributed by atoms with van der Waals surface area (Å²) in [5.74, 6) is 0.181.